The quantitative estimate of drug-likeness (QED) is 0.511. The van der Waals surface area contributed by atoms with Crippen LogP contribution >= 0.6 is 12.6 Å². The van der Waals surface area contributed by atoms with Crippen LogP contribution in [0.4, 0.5) is 5.69 Å². The molecule has 124 valence electrons. The molecule has 0 aliphatic carbocycles. The average molecular weight is 339 g/mol. The molecule has 0 spiro atoms. The van der Waals surface area contributed by atoms with Crippen LogP contribution in [0, 0.1) is 5.41 Å². The van der Waals surface area contributed by atoms with Gasteiger partial charge in [-0.1, -0.05) is 18.2 Å². The number of anilines is 1. The minimum absolute atomic E-state index is 0.383. The zero-order chi connectivity index (χ0) is 17.1. The maximum Gasteiger partial charge on any atom is 0.150 e. The molecule has 0 bridgehead atoms. The van der Waals surface area contributed by atoms with E-state index in [4.69, 9.17) is 5.41 Å². The molecule has 1 saturated heterocycles. The molecule has 2 aromatic rings. The van der Waals surface area contributed by atoms with Gasteiger partial charge in [-0.2, -0.15) is 0 Å². The van der Waals surface area contributed by atoms with Crippen molar-refractivity contribution in [2.45, 2.75) is 4.90 Å². The highest BCUT2D eigenvalue weighted by atomic mass is 32.1. The van der Waals surface area contributed by atoms with Crippen LogP contribution in [0.25, 0.3) is 0 Å². The van der Waals surface area contributed by atoms with Gasteiger partial charge in [0.1, 0.15) is 6.29 Å². The second-order valence-corrected chi connectivity index (χ2v) is 6.59. The van der Waals surface area contributed by atoms with E-state index in [0.717, 1.165) is 38.0 Å². The summed E-state index contributed by atoms with van der Waals surface area (Å²) in [7, 11) is 2.14. The first kappa shape index (κ1) is 16.7. The number of aldehydes is 1. The summed E-state index contributed by atoms with van der Waals surface area (Å²) < 4.78 is 0. The van der Waals surface area contributed by atoms with Gasteiger partial charge >= 0.3 is 0 Å². The lowest BCUT2D eigenvalue weighted by molar-refractivity contribution is 0.112. The number of nitrogens with one attached hydrogen (secondary N) is 1. The van der Waals surface area contributed by atoms with Crippen LogP contribution in [0.3, 0.4) is 0 Å². The Balaban J connectivity index is 1.80. The van der Waals surface area contributed by atoms with Crippen LogP contribution in [0.5, 0.6) is 0 Å². The van der Waals surface area contributed by atoms with E-state index in [1.807, 2.05) is 12.1 Å². The first-order chi connectivity index (χ1) is 11.6. The molecule has 5 heteroatoms. The van der Waals surface area contributed by atoms with E-state index in [-0.39, 0.29) is 0 Å². The number of rotatable bonds is 4. The molecule has 3 rings (SSSR count). The highest BCUT2D eigenvalue weighted by Gasteiger charge is 2.15. The Hall–Kier alpha value is -2.11. The fraction of sp³-hybridized carbons (Fsp3) is 0.263. The Morgan fingerprint density at radius 3 is 2.38 bits per heavy atom. The molecule has 1 aliphatic rings. The molecule has 1 aliphatic heterocycles. The van der Waals surface area contributed by atoms with Gasteiger partial charge in [-0.05, 0) is 31.3 Å². The van der Waals surface area contributed by atoms with E-state index in [0.29, 0.717) is 21.7 Å². The second kappa shape index (κ2) is 7.20. The van der Waals surface area contributed by atoms with E-state index in [1.165, 1.54) is 5.69 Å². The molecule has 0 saturated carbocycles. The third-order valence-corrected chi connectivity index (χ3v) is 4.84. The number of piperazine rings is 1. The molecule has 0 atom stereocenters. The van der Waals surface area contributed by atoms with Crippen molar-refractivity contribution in [1.82, 2.24) is 4.90 Å². The van der Waals surface area contributed by atoms with E-state index in [9.17, 15) is 4.79 Å². The molecule has 0 radical (unpaired) electrons. The number of carbonyl (C=O) groups is 1. The average Bonchev–Trinajstić information content (AvgIpc) is 2.62. The van der Waals surface area contributed by atoms with Gasteiger partial charge in [-0.15, -0.1) is 12.6 Å². The van der Waals surface area contributed by atoms with E-state index >= 15 is 0 Å². The highest BCUT2D eigenvalue weighted by molar-refractivity contribution is 7.80. The predicted octanol–water partition coefficient (Wildman–Crippen LogP) is 2.96. The number of likely N-dealkylation sites (N-methyl/N-ethyl adjacent to an activating group) is 1. The number of hydrogen-bond donors (Lipinski definition) is 2. The number of nitrogens with zero attached hydrogens (tertiary/aromatic N) is 2. The van der Waals surface area contributed by atoms with Crippen LogP contribution < -0.4 is 4.90 Å². The van der Waals surface area contributed by atoms with E-state index in [1.54, 1.807) is 18.2 Å². The summed E-state index contributed by atoms with van der Waals surface area (Å²) in [6.45, 7) is 4.18. The molecular weight excluding hydrogens is 318 g/mol. The summed E-state index contributed by atoms with van der Waals surface area (Å²) in [5.41, 5.74) is 3.63. The summed E-state index contributed by atoms with van der Waals surface area (Å²) in [6, 6.07) is 13.3. The van der Waals surface area contributed by atoms with Gasteiger partial charge in [0.15, 0.2) is 0 Å². The van der Waals surface area contributed by atoms with Gasteiger partial charge in [0.25, 0.3) is 0 Å². The van der Waals surface area contributed by atoms with Crippen molar-refractivity contribution >= 4 is 30.3 Å². The van der Waals surface area contributed by atoms with Crippen molar-refractivity contribution in [2.24, 2.45) is 0 Å². The normalized spacial score (nSPS) is 15.3. The van der Waals surface area contributed by atoms with E-state index in [2.05, 4.69) is 41.6 Å². The molecule has 24 heavy (non-hydrogen) atoms. The Kier molecular flexibility index (Phi) is 5.02. The molecule has 1 heterocycles. The van der Waals surface area contributed by atoms with Crippen LogP contribution in [0.2, 0.25) is 0 Å². The molecule has 4 nitrogen and oxygen atoms in total. The third kappa shape index (κ3) is 3.52. The summed E-state index contributed by atoms with van der Waals surface area (Å²) in [5, 5.41) is 8.44. The van der Waals surface area contributed by atoms with Gasteiger partial charge in [-0.3, -0.25) is 10.2 Å². The van der Waals surface area contributed by atoms with Gasteiger partial charge in [0.05, 0.1) is 5.71 Å². The summed E-state index contributed by atoms with van der Waals surface area (Å²) in [5.74, 6) is 0. The van der Waals surface area contributed by atoms with Crippen LogP contribution in [-0.2, 0) is 0 Å². The Morgan fingerprint density at radius 2 is 1.75 bits per heavy atom. The van der Waals surface area contributed by atoms with Gasteiger partial charge in [-0.25, -0.2) is 0 Å². The Labute approximate surface area is 148 Å². The first-order valence-corrected chi connectivity index (χ1v) is 8.44. The summed E-state index contributed by atoms with van der Waals surface area (Å²) in [6.07, 6.45) is 0.792. The number of hydrogen-bond acceptors (Lipinski definition) is 5. The molecule has 0 aromatic heterocycles. The zero-order valence-electron chi connectivity index (χ0n) is 13.7. The van der Waals surface area contributed by atoms with Crippen LogP contribution in [0.1, 0.15) is 21.5 Å². The lowest BCUT2D eigenvalue weighted by atomic mass is 10.00. The largest absolute Gasteiger partial charge is 0.369 e. The Bertz CT molecular complexity index is 750. The molecule has 0 amide bonds. The molecule has 1 N–H and O–H groups in total. The summed E-state index contributed by atoms with van der Waals surface area (Å²) in [4.78, 5) is 16.4. The fourth-order valence-electron chi connectivity index (χ4n) is 2.89. The fourth-order valence-corrected chi connectivity index (χ4v) is 3.14. The molecule has 1 fully saturated rings. The van der Waals surface area contributed by atoms with Gasteiger partial charge in [0, 0.05) is 53.5 Å². The zero-order valence-corrected chi connectivity index (χ0v) is 14.6. The SMILES string of the molecule is CN1CCN(c2ccc(C(=N)c3cc(C=O)ccc3S)cc2)CC1. The van der Waals surface area contributed by atoms with Crippen molar-refractivity contribution in [1.29, 1.82) is 5.41 Å². The maximum absolute atomic E-state index is 11.0. The van der Waals surface area contributed by atoms with Gasteiger partial charge in [0.2, 0.25) is 0 Å². The number of benzene rings is 2. The molecule has 0 unspecified atom stereocenters. The first-order valence-electron chi connectivity index (χ1n) is 7.99. The lowest BCUT2D eigenvalue weighted by Crippen LogP contribution is -2.44. The molecular formula is C19H21N3OS. The van der Waals surface area contributed by atoms with Crippen LogP contribution in [-0.4, -0.2) is 50.1 Å². The van der Waals surface area contributed by atoms with Crippen molar-refractivity contribution < 1.29 is 4.79 Å². The Morgan fingerprint density at radius 1 is 1.08 bits per heavy atom. The lowest BCUT2D eigenvalue weighted by Gasteiger charge is -2.34. The highest BCUT2D eigenvalue weighted by Crippen LogP contribution is 2.22. The smallest absolute Gasteiger partial charge is 0.150 e. The van der Waals surface area contributed by atoms with Crippen LogP contribution in [0.15, 0.2) is 47.4 Å². The van der Waals surface area contributed by atoms with Gasteiger partial charge < -0.3 is 9.80 Å². The second-order valence-electron chi connectivity index (χ2n) is 6.11. The van der Waals surface area contributed by atoms with Crippen molar-refractivity contribution in [3.63, 3.8) is 0 Å². The van der Waals surface area contributed by atoms with Crippen molar-refractivity contribution in [2.75, 3.05) is 38.1 Å². The maximum atomic E-state index is 11.0. The van der Waals surface area contributed by atoms with E-state index < -0.39 is 0 Å². The van der Waals surface area contributed by atoms with Crippen molar-refractivity contribution in [3.8, 4) is 0 Å². The third-order valence-electron chi connectivity index (χ3n) is 4.45. The van der Waals surface area contributed by atoms with Crippen molar-refractivity contribution in [3.05, 3.63) is 59.2 Å². The number of thiol groups is 1. The minimum Gasteiger partial charge on any atom is -0.369 e. The minimum atomic E-state index is 0.383. The topological polar surface area (TPSA) is 47.4 Å². The standard InChI is InChI=1S/C19H21N3OS/c1-21-8-10-22(11-9-21)16-5-3-15(4-6-16)19(20)17-12-14(13-23)2-7-18(17)24/h2-7,12-13,20,24H,8-11H2,1H3. The monoisotopic (exact) mass is 339 g/mol. The molecule has 2 aromatic carbocycles. The predicted molar refractivity (Wildman–Crippen MR) is 101 cm³/mol. The summed E-state index contributed by atoms with van der Waals surface area (Å²) >= 11 is 4.42. The number of carbonyl (C=O) groups excluding carboxylic acids is 1.